The predicted molar refractivity (Wildman–Crippen MR) is 83.7 cm³/mol. The second-order valence-electron chi connectivity index (χ2n) is 5.36. The standard InChI is InChI=1S/C4H11P.C4H10.C3H9P.CH4/c1-5(2,3)4;2*1-4(2)3;/h1H2,2-4H3;4H,1-3H3;1-3H3;1H4. The van der Waals surface area contributed by atoms with Crippen LogP contribution in [0.25, 0.3) is 0 Å². The van der Waals surface area contributed by atoms with Gasteiger partial charge in [-0.05, 0) is 45.9 Å². The highest BCUT2D eigenvalue weighted by molar-refractivity contribution is 7.71. The van der Waals surface area contributed by atoms with Crippen LogP contribution in [0.15, 0.2) is 0 Å². The lowest BCUT2D eigenvalue weighted by atomic mass is 10.3. The molecular weight excluding hydrogens is 206 g/mol. The molecule has 0 nitrogen and oxygen atoms in total. The first-order valence-corrected chi connectivity index (χ1v) is 10.7. The molecule has 0 unspecified atom stereocenters. The van der Waals surface area contributed by atoms with Gasteiger partial charge in [0, 0.05) is 0 Å². The summed E-state index contributed by atoms with van der Waals surface area (Å²) in [5.74, 6) is 0.833. The van der Waals surface area contributed by atoms with Crippen LogP contribution in [0.1, 0.15) is 28.2 Å². The van der Waals surface area contributed by atoms with Crippen LogP contribution in [-0.2, 0) is 0 Å². The molecule has 0 rings (SSSR count). The molecule has 0 heterocycles. The highest BCUT2D eigenvalue weighted by Gasteiger charge is 1.79. The molecule has 0 N–H and O–H groups in total. The van der Waals surface area contributed by atoms with Gasteiger partial charge in [-0.3, -0.25) is 0 Å². The third-order valence-corrected chi connectivity index (χ3v) is 0. The van der Waals surface area contributed by atoms with Crippen molar-refractivity contribution >= 4 is 21.1 Å². The molecule has 0 fully saturated rings. The molecule has 92 valence electrons. The maximum Gasteiger partial charge on any atom is -0.0449 e. The Hall–Kier alpha value is 0.730. The Bertz CT molecular complexity index is 101. The molecular formula is C12H34P2. The summed E-state index contributed by atoms with van der Waals surface area (Å²) in [6.45, 7) is 19.1. The summed E-state index contributed by atoms with van der Waals surface area (Å²) in [4.78, 5) is 0. The minimum Gasteiger partial charge on any atom is -0.121 e. The van der Waals surface area contributed by atoms with Gasteiger partial charge in [-0.1, -0.05) is 28.2 Å². The van der Waals surface area contributed by atoms with Crippen LogP contribution in [0.2, 0.25) is 0 Å². The van der Waals surface area contributed by atoms with Crippen molar-refractivity contribution in [1.82, 2.24) is 0 Å². The van der Waals surface area contributed by atoms with Gasteiger partial charge in [0.1, 0.15) is 0 Å². The number of hydrogen-bond acceptors (Lipinski definition) is 0. The predicted octanol–water partition coefficient (Wildman–Crippen LogP) is 4.98. The van der Waals surface area contributed by atoms with E-state index in [1.165, 1.54) is 0 Å². The van der Waals surface area contributed by atoms with Crippen molar-refractivity contribution in [3.05, 3.63) is 0 Å². The summed E-state index contributed by atoms with van der Waals surface area (Å²) >= 11 is 0. The summed E-state index contributed by atoms with van der Waals surface area (Å²) < 4.78 is 0. The molecule has 0 saturated carbocycles. The van der Waals surface area contributed by atoms with Gasteiger partial charge in [-0.25, -0.2) is 0 Å². The van der Waals surface area contributed by atoms with Gasteiger partial charge in [-0.15, -0.1) is 21.1 Å². The summed E-state index contributed by atoms with van der Waals surface area (Å²) in [6.07, 6.45) is 3.88. The van der Waals surface area contributed by atoms with E-state index in [1.54, 1.807) is 0 Å². The van der Waals surface area contributed by atoms with Crippen molar-refractivity contribution in [2.75, 3.05) is 40.0 Å². The zero-order valence-corrected chi connectivity index (χ0v) is 13.0. The van der Waals surface area contributed by atoms with Crippen LogP contribution in [0.3, 0.4) is 0 Å². The lowest BCUT2D eigenvalue weighted by molar-refractivity contribution is 0.737. The molecule has 0 radical (unpaired) electrons. The molecule has 0 aliphatic heterocycles. The van der Waals surface area contributed by atoms with Gasteiger partial charge in [0.25, 0.3) is 0 Å². The SMILES string of the molecule is C.C=P(C)(C)C.CC(C)C.CP(C)C. The molecule has 0 aromatic carbocycles. The molecule has 0 bridgehead atoms. The Morgan fingerprint density at radius 2 is 0.929 bits per heavy atom. The first-order valence-electron chi connectivity index (χ1n) is 4.73. The normalized spacial score (nSPS) is 9.36. The van der Waals surface area contributed by atoms with Crippen LogP contribution >= 0.6 is 14.8 Å². The minimum atomic E-state index is -0.639. The van der Waals surface area contributed by atoms with Crippen LogP contribution in [0.4, 0.5) is 0 Å². The molecule has 0 amide bonds. The summed E-state index contributed by atoms with van der Waals surface area (Å²) in [5, 5.41) is 0. The van der Waals surface area contributed by atoms with Crippen LogP contribution in [0.5, 0.6) is 0 Å². The van der Waals surface area contributed by atoms with Gasteiger partial charge in [-0.2, -0.15) is 0 Å². The van der Waals surface area contributed by atoms with Crippen molar-refractivity contribution in [2.24, 2.45) is 5.92 Å². The highest BCUT2D eigenvalue weighted by Crippen LogP contribution is 2.27. The maximum absolute atomic E-state index is 3.88. The topological polar surface area (TPSA) is 0 Å². The van der Waals surface area contributed by atoms with E-state index in [4.69, 9.17) is 0 Å². The summed E-state index contributed by atoms with van der Waals surface area (Å²) in [6, 6.07) is 0. The summed E-state index contributed by atoms with van der Waals surface area (Å²) in [5.41, 5.74) is 0. The molecule has 0 aromatic heterocycles. The van der Waals surface area contributed by atoms with E-state index in [1.807, 2.05) is 0 Å². The lowest BCUT2D eigenvalue weighted by Gasteiger charge is -1.96. The molecule has 0 saturated heterocycles. The zero-order chi connectivity index (χ0) is 11.7. The minimum absolute atomic E-state index is 0. The van der Waals surface area contributed by atoms with Gasteiger partial charge >= 0.3 is 0 Å². The third-order valence-electron chi connectivity index (χ3n) is 0. The highest BCUT2D eigenvalue weighted by atomic mass is 31.2. The fourth-order valence-corrected chi connectivity index (χ4v) is 0. The Morgan fingerprint density at radius 3 is 0.929 bits per heavy atom. The molecule has 2 heteroatoms. The number of rotatable bonds is 0. The molecule has 0 spiro atoms. The fourth-order valence-electron chi connectivity index (χ4n) is 0. The Balaban J connectivity index is -0.0000000522. The summed E-state index contributed by atoms with van der Waals surface area (Å²) in [7, 11) is 0.380. The Labute approximate surface area is 95.6 Å². The monoisotopic (exact) mass is 240 g/mol. The van der Waals surface area contributed by atoms with E-state index in [9.17, 15) is 0 Å². The van der Waals surface area contributed by atoms with E-state index >= 15 is 0 Å². The second kappa shape index (κ2) is 13.7. The van der Waals surface area contributed by atoms with Crippen molar-refractivity contribution in [3.63, 3.8) is 0 Å². The quantitative estimate of drug-likeness (QED) is 0.524. The van der Waals surface area contributed by atoms with Gasteiger partial charge in [0.2, 0.25) is 0 Å². The van der Waals surface area contributed by atoms with E-state index < -0.39 is 6.89 Å². The van der Waals surface area contributed by atoms with Gasteiger partial charge < -0.3 is 0 Å². The molecule has 0 atom stereocenters. The Kier molecular flexibility index (Phi) is 23.7. The third kappa shape index (κ3) is 3290. The van der Waals surface area contributed by atoms with E-state index in [2.05, 4.69) is 67.1 Å². The second-order valence-corrected chi connectivity index (χ2v) is 12.6. The maximum atomic E-state index is 3.88. The van der Waals surface area contributed by atoms with Crippen LogP contribution < -0.4 is 0 Å². The van der Waals surface area contributed by atoms with Crippen LogP contribution in [0, 0.1) is 5.92 Å². The largest absolute Gasteiger partial charge is 0.121 e. The average molecular weight is 240 g/mol. The smallest absolute Gasteiger partial charge is 0.0449 e. The van der Waals surface area contributed by atoms with Crippen molar-refractivity contribution < 1.29 is 0 Å². The van der Waals surface area contributed by atoms with Crippen molar-refractivity contribution in [2.45, 2.75) is 28.2 Å². The van der Waals surface area contributed by atoms with E-state index in [-0.39, 0.29) is 7.43 Å². The Morgan fingerprint density at radius 1 is 0.929 bits per heavy atom. The first kappa shape index (κ1) is 24.1. The van der Waals surface area contributed by atoms with Crippen molar-refractivity contribution in [1.29, 1.82) is 0 Å². The van der Waals surface area contributed by atoms with Gasteiger partial charge in [0.15, 0.2) is 0 Å². The van der Waals surface area contributed by atoms with Gasteiger partial charge in [0.05, 0.1) is 0 Å². The number of hydrogen-bond donors (Lipinski definition) is 0. The fraction of sp³-hybridized carbons (Fsp3) is 0.917. The first-order chi connectivity index (χ1) is 5.46. The van der Waals surface area contributed by atoms with E-state index in [0.717, 1.165) is 5.92 Å². The molecule has 0 aliphatic carbocycles. The molecule has 0 aromatic rings. The average Bonchev–Trinajstić information content (AvgIpc) is 1.50. The van der Waals surface area contributed by atoms with Crippen LogP contribution in [-0.4, -0.2) is 46.3 Å². The zero-order valence-electron chi connectivity index (χ0n) is 11.2. The van der Waals surface area contributed by atoms with Crippen molar-refractivity contribution in [3.8, 4) is 0 Å². The lowest BCUT2D eigenvalue weighted by Crippen LogP contribution is -1.66. The molecule has 14 heavy (non-hydrogen) atoms. The molecule has 0 aliphatic rings. The van der Waals surface area contributed by atoms with E-state index in [0.29, 0.717) is 7.92 Å².